The molecule has 3 aliphatic rings. The van der Waals surface area contributed by atoms with Gasteiger partial charge in [-0.3, -0.25) is 9.69 Å². The van der Waals surface area contributed by atoms with E-state index in [2.05, 4.69) is 4.90 Å². The number of rotatable bonds is 5. The third-order valence-corrected chi connectivity index (χ3v) is 5.09. The molecule has 0 N–H and O–H groups in total. The molecule has 0 aromatic rings. The van der Waals surface area contributed by atoms with Crippen molar-refractivity contribution in [2.45, 2.75) is 32.1 Å². The van der Waals surface area contributed by atoms with Gasteiger partial charge in [0.05, 0.1) is 13.2 Å². The molecular weight excluding hydrogens is 242 g/mol. The number of nitrogens with zero attached hydrogens (tertiary/aromatic N) is 1. The van der Waals surface area contributed by atoms with Crippen molar-refractivity contribution in [3.63, 3.8) is 0 Å². The van der Waals surface area contributed by atoms with Crippen LogP contribution in [0.2, 0.25) is 0 Å². The lowest BCUT2D eigenvalue weighted by atomic mass is 9.86. The third kappa shape index (κ3) is 3.48. The van der Waals surface area contributed by atoms with Gasteiger partial charge in [-0.05, 0) is 37.0 Å². The molecule has 1 heterocycles. The maximum Gasteiger partial charge on any atom is 0.306 e. The quantitative estimate of drug-likeness (QED) is 0.711. The predicted molar refractivity (Wildman–Crippen MR) is 71.8 cm³/mol. The Morgan fingerprint density at radius 3 is 2.74 bits per heavy atom. The first kappa shape index (κ1) is 13.4. The predicted octanol–water partition coefficient (Wildman–Crippen LogP) is 1.69. The van der Waals surface area contributed by atoms with Crippen LogP contribution < -0.4 is 0 Å². The Kier molecular flexibility index (Phi) is 4.38. The molecule has 3 fully saturated rings. The minimum atomic E-state index is 0.0193. The monoisotopic (exact) mass is 267 g/mol. The topological polar surface area (TPSA) is 38.8 Å². The van der Waals surface area contributed by atoms with E-state index < -0.39 is 0 Å². The highest BCUT2D eigenvalue weighted by Gasteiger charge is 2.40. The Hall–Kier alpha value is -0.610. The van der Waals surface area contributed by atoms with Gasteiger partial charge in [-0.2, -0.15) is 0 Å². The molecule has 4 heteroatoms. The fourth-order valence-corrected chi connectivity index (χ4v) is 4.01. The van der Waals surface area contributed by atoms with Crippen molar-refractivity contribution >= 4 is 5.97 Å². The third-order valence-electron chi connectivity index (χ3n) is 5.09. The SMILES string of the molecule is O=C(CC1CC2CCC1C2)OCCN1CCOCC1. The summed E-state index contributed by atoms with van der Waals surface area (Å²) in [6.45, 7) is 4.93. The number of morpholine rings is 1. The molecule has 3 unspecified atom stereocenters. The Morgan fingerprint density at radius 2 is 2.05 bits per heavy atom. The molecule has 0 radical (unpaired) electrons. The van der Waals surface area contributed by atoms with Crippen molar-refractivity contribution < 1.29 is 14.3 Å². The van der Waals surface area contributed by atoms with Crippen LogP contribution in [-0.4, -0.2) is 50.3 Å². The first-order valence-electron chi connectivity index (χ1n) is 7.77. The number of hydrogen-bond acceptors (Lipinski definition) is 4. The fraction of sp³-hybridized carbons (Fsp3) is 0.933. The number of fused-ring (bicyclic) bond motifs is 2. The summed E-state index contributed by atoms with van der Waals surface area (Å²) in [7, 11) is 0. The van der Waals surface area contributed by atoms with E-state index in [9.17, 15) is 4.79 Å². The molecule has 3 rings (SSSR count). The minimum absolute atomic E-state index is 0.0193. The van der Waals surface area contributed by atoms with Crippen LogP contribution in [0.1, 0.15) is 32.1 Å². The number of hydrogen-bond donors (Lipinski definition) is 0. The first-order chi connectivity index (χ1) is 9.31. The summed E-state index contributed by atoms with van der Waals surface area (Å²) >= 11 is 0. The molecule has 1 aliphatic heterocycles. The lowest BCUT2D eigenvalue weighted by molar-refractivity contribution is -0.145. The molecule has 2 saturated carbocycles. The van der Waals surface area contributed by atoms with Gasteiger partial charge in [-0.15, -0.1) is 0 Å². The Balaban J connectivity index is 1.31. The van der Waals surface area contributed by atoms with Crippen LogP contribution in [0.3, 0.4) is 0 Å². The van der Waals surface area contributed by atoms with E-state index in [4.69, 9.17) is 9.47 Å². The smallest absolute Gasteiger partial charge is 0.306 e. The van der Waals surface area contributed by atoms with E-state index in [0.717, 1.165) is 44.7 Å². The van der Waals surface area contributed by atoms with Gasteiger partial charge in [0, 0.05) is 26.1 Å². The Labute approximate surface area is 115 Å². The molecule has 2 bridgehead atoms. The van der Waals surface area contributed by atoms with Crippen molar-refractivity contribution in [2.24, 2.45) is 17.8 Å². The largest absolute Gasteiger partial charge is 0.464 e. The molecular formula is C15H25NO3. The molecule has 0 amide bonds. The molecule has 0 spiro atoms. The molecule has 108 valence electrons. The number of carbonyl (C=O) groups excluding carboxylic acids is 1. The van der Waals surface area contributed by atoms with Gasteiger partial charge in [-0.1, -0.05) is 6.42 Å². The number of carbonyl (C=O) groups is 1. The molecule has 0 aromatic carbocycles. The normalized spacial score (nSPS) is 34.6. The molecule has 2 aliphatic carbocycles. The van der Waals surface area contributed by atoms with Gasteiger partial charge in [0.25, 0.3) is 0 Å². The first-order valence-corrected chi connectivity index (χ1v) is 7.77. The summed E-state index contributed by atoms with van der Waals surface area (Å²) in [5.74, 6) is 2.37. The van der Waals surface area contributed by atoms with E-state index in [1.54, 1.807) is 0 Å². The summed E-state index contributed by atoms with van der Waals surface area (Å²) in [5.41, 5.74) is 0. The Morgan fingerprint density at radius 1 is 1.21 bits per heavy atom. The fourth-order valence-electron chi connectivity index (χ4n) is 4.01. The molecule has 4 nitrogen and oxygen atoms in total. The molecule has 3 atom stereocenters. The van der Waals surface area contributed by atoms with E-state index in [1.165, 1.54) is 25.7 Å². The van der Waals surface area contributed by atoms with Gasteiger partial charge >= 0.3 is 5.97 Å². The summed E-state index contributed by atoms with van der Waals surface area (Å²) < 4.78 is 10.7. The highest BCUT2D eigenvalue weighted by atomic mass is 16.5. The summed E-state index contributed by atoms with van der Waals surface area (Å²) in [5, 5.41) is 0. The number of ether oxygens (including phenoxy) is 2. The zero-order chi connectivity index (χ0) is 13.1. The lowest BCUT2D eigenvalue weighted by Gasteiger charge is -2.26. The zero-order valence-corrected chi connectivity index (χ0v) is 11.7. The van der Waals surface area contributed by atoms with Crippen LogP contribution in [0.15, 0.2) is 0 Å². The van der Waals surface area contributed by atoms with Gasteiger partial charge in [-0.25, -0.2) is 0 Å². The highest BCUT2D eigenvalue weighted by molar-refractivity contribution is 5.69. The zero-order valence-electron chi connectivity index (χ0n) is 11.7. The van der Waals surface area contributed by atoms with Crippen molar-refractivity contribution in [1.82, 2.24) is 4.90 Å². The van der Waals surface area contributed by atoms with Crippen molar-refractivity contribution in [2.75, 3.05) is 39.5 Å². The maximum absolute atomic E-state index is 11.9. The van der Waals surface area contributed by atoms with E-state index in [1.807, 2.05) is 0 Å². The van der Waals surface area contributed by atoms with Crippen LogP contribution in [0, 0.1) is 17.8 Å². The summed E-state index contributed by atoms with van der Waals surface area (Å²) in [6.07, 6.45) is 6.03. The number of esters is 1. The average Bonchev–Trinajstić information content (AvgIpc) is 3.02. The highest BCUT2D eigenvalue weighted by Crippen LogP contribution is 2.49. The summed E-state index contributed by atoms with van der Waals surface area (Å²) in [6, 6.07) is 0. The second kappa shape index (κ2) is 6.23. The summed E-state index contributed by atoms with van der Waals surface area (Å²) in [4.78, 5) is 14.2. The van der Waals surface area contributed by atoms with Crippen LogP contribution in [0.4, 0.5) is 0 Å². The van der Waals surface area contributed by atoms with Crippen LogP contribution in [-0.2, 0) is 14.3 Å². The van der Waals surface area contributed by atoms with Crippen molar-refractivity contribution in [3.05, 3.63) is 0 Å². The van der Waals surface area contributed by atoms with Gasteiger partial charge < -0.3 is 9.47 Å². The van der Waals surface area contributed by atoms with Gasteiger partial charge in [0.15, 0.2) is 0 Å². The van der Waals surface area contributed by atoms with Crippen LogP contribution >= 0.6 is 0 Å². The van der Waals surface area contributed by atoms with Crippen molar-refractivity contribution in [3.8, 4) is 0 Å². The maximum atomic E-state index is 11.9. The Bertz CT molecular complexity index is 315. The second-order valence-corrected chi connectivity index (χ2v) is 6.31. The average molecular weight is 267 g/mol. The van der Waals surface area contributed by atoms with Crippen LogP contribution in [0.5, 0.6) is 0 Å². The minimum Gasteiger partial charge on any atom is -0.464 e. The van der Waals surface area contributed by atoms with Gasteiger partial charge in [0.2, 0.25) is 0 Å². The van der Waals surface area contributed by atoms with Crippen molar-refractivity contribution in [1.29, 1.82) is 0 Å². The van der Waals surface area contributed by atoms with E-state index >= 15 is 0 Å². The second-order valence-electron chi connectivity index (χ2n) is 6.31. The van der Waals surface area contributed by atoms with E-state index in [-0.39, 0.29) is 5.97 Å². The van der Waals surface area contributed by atoms with Gasteiger partial charge in [0.1, 0.15) is 6.61 Å². The standard InChI is InChI=1S/C15H25NO3/c17-15(11-14-10-12-1-2-13(14)9-12)19-8-5-16-3-6-18-7-4-16/h12-14H,1-11H2. The lowest BCUT2D eigenvalue weighted by Crippen LogP contribution is -2.38. The van der Waals surface area contributed by atoms with Crippen LogP contribution in [0.25, 0.3) is 0 Å². The molecule has 19 heavy (non-hydrogen) atoms. The molecule has 1 saturated heterocycles. The van der Waals surface area contributed by atoms with E-state index in [0.29, 0.717) is 18.9 Å². The molecule has 0 aromatic heterocycles.